The monoisotopic (exact) mass is 272 g/mol. The number of pyridine rings is 2. The van der Waals surface area contributed by atoms with Crippen LogP contribution in [0.25, 0.3) is 0 Å². The van der Waals surface area contributed by atoms with Gasteiger partial charge in [0.05, 0.1) is 18.4 Å². The van der Waals surface area contributed by atoms with Crippen LogP contribution in [0.15, 0.2) is 29.3 Å². The van der Waals surface area contributed by atoms with Crippen molar-refractivity contribution < 1.29 is 14.3 Å². The number of ether oxygens (including phenoxy) is 2. The maximum atomic E-state index is 11.5. The molecule has 20 heavy (non-hydrogen) atoms. The molecule has 3 rings (SSSR count). The van der Waals surface area contributed by atoms with Gasteiger partial charge in [0.1, 0.15) is 11.5 Å². The van der Waals surface area contributed by atoms with E-state index in [9.17, 15) is 9.59 Å². The number of aryl methyl sites for hydroxylation is 2. The van der Waals surface area contributed by atoms with Crippen LogP contribution in [-0.2, 0) is 17.6 Å². The lowest BCUT2D eigenvalue weighted by molar-refractivity contribution is 0.0600. The molecule has 102 valence electrons. The summed E-state index contributed by atoms with van der Waals surface area (Å²) >= 11 is 0. The first-order valence-electron chi connectivity index (χ1n) is 6.14. The Bertz CT molecular complexity index is 736. The maximum Gasteiger partial charge on any atom is 0.339 e. The number of aromatic amines is 1. The van der Waals surface area contributed by atoms with Crippen LogP contribution in [-0.4, -0.2) is 23.0 Å². The third kappa shape index (κ3) is 2.16. The van der Waals surface area contributed by atoms with Crippen molar-refractivity contribution in [1.82, 2.24) is 9.97 Å². The van der Waals surface area contributed by atoms with Gasteiger partial charge in [-0.1, -0.05) is 0 Å². The second-order valence-electron chi connectivity index (χ2n) is 4.45. The predicted molar refractivity (Wildman–Crippen MR) is 70.1 cm³/mol. The molecule has 0 bridgehead atoms. The summed E-state index contributed by atoms with van der Waals surface area (Å²) in [5.41, 5.74) is 1.74. The molecule has 6 nitrogen and oxygen atoms in total. The third-order valence-electron chi connectivity index (χ3n) is 3.17. The normalized spacial score (nSPS) is 12.7. The van der Waals surface area contributed by atoms with Crippen molar-refractivity contribution in [2.75, 3.05) is 7.11 Å². The zero-order chi connectivity index (χ0) is 14.1. The lowest BCUT2D eigenvalue weighted by Crippen LogP contribution is -2.05. The Hall–Kier alpha value is -2.63. The molecule has 6 heteroatoms. The van der Waals surface area contributed by atoms with Gasteiger partial charge < -0.3 is 14.5 Å². The molecule has 1 N–H and O–H groups in total. The van der Waals surface area contributed by atoms with Gasteiger partial charge in [-0.25, -0.2) is 4.79 Å². The third-order valence-corrected chi connectivity index (χ3v) is 3.17. The number of aromatic nitrogens is 2. The first kappa shape index (κ1) is 12.4. The van der Waals surface area contributed by atoms with E-state index in [4.69, 9.17) is 4.74 Å². The Labute approximate surface area is 114 Å². The molecule has 1 aliphatic heterocycles. The highest BCUT2D eigenvalue weighted by molar-refractivity contribution is 5.89. The molecule has 0 aromatic carbocycles. The van der Waals surface area contributed by atoms with Crippen LogP contribution in [0.3, 0.4) is 0 Å². The minimum absolute atomic E-state index is 0.165. The zero-order valence-electron chi connectivity index (χ0n) is 10.8. The van der Waals surface area contributed by atoms with Crippen molar-refractivity contribution in [3.8, 4) is 11.5 Å². The molecule has 2 aromatic heterocycles. The number of H-pyrrole nitrogens is 1. The molecule has 2 aromatic rings. The van der Waals surface area contributed by atoms with Crippen molar-refractivity contribution in [2.24, 2.45) is 0 Å². The average molecular weight is 272 g/mol. The highest BCUT2D eigenvalue weighted by atomic mass is 16.5. The highest BCUT2D eigenvalue weighted by Gasteiger charge is 2.18. The van der Waals surface area contributed by atoms with Crippen molar-refractivity contribution in [3.05, 3.63) is 51.7 Å². The SMILES string of the molecule is COC(=O)c1cnc2c(c1)Oc1c[nH]c(=O)cc1CC2. The largest absolute Gasteiger partial charge is 0.465 e. The van der Waals surface area contributed by atoms with E-state index in [1.807, 2.05) is 0 Å². The van der Waals surface area contributed by atoms with Gasteiger partial charge in [-0.15, -0.1) is 0 Å². The Morgan fingerprint density at radius 3 is 3.00 bits per heavy atom. The summed E-state index contributed by atoms with van der Waals surface area (Å²) < 4.78 is 10.4. The molecule has 0 saturated heterocycles. The zero-order valence-corrected chi connectivity index (χ0v) is 10.8. The number of fused-ring (bicyclic) bond motifs is 2. The lowest BCUT2D eigenvalue weighted by Gasteiger charge is -2.08. The van der Waals surface area contributed by atoms with Crippen molar-refractivity contribution in [3.63, 3.8) is 0 Å². The number of carbonyl (C=O) groups is 1. The first-order valence-corrected chi connectivity index (χ1v) is 6.14. The van der Waals surface area contributed by atoms with E-state index in [0.717, 1.165) is 11.3 Å². The van der Waals surface area contributed by atoms with Crippen molar-refractivity contribution >= 4 is 5.97 Å². The van der Waals surface area contributed by atoms with Crippen LogP contribution in [0.2, 0.25) is 0 Å². The number of methoxy groups -OCH3 is 1. The highest BCUT2D eigenvalue weighted by Crippen LogP contribution is 2.31. The molecule has 0 spiro atoms. The fourth-order valence-corrected chi connectivity index (χ4v) is 2.14. The Kier molecular flexibility index (Phi) is 2.98. The van der Waals surface area contributed by atoms with E-state index in [1.165, 1.54) is 25.6 Å². The summed E-state index contributed by atoms with van der Waals surface area (Å²) in [6.45, 7) is 0. The van der Waals surface area contributed by atoms with Crippen LogP contribution in [0.4, 0.5) is 0 Å². The number of esters is 1. The number of nitrogens with zero attached hydrogens (tertiary/aromatic N) is 1. The molecule has 0 unspecified atom stereocenters. The van der Waals surface area contributed by atoms with E-state index in [1.54, 1.807) is 6.07 Å². The second-order valence-corrected chi connectivity index (χ2v) is 4.45. The quantitative estimate of drug-likeness (QED) is 0.794. The maximum absolute atomic E-state index is 11.5. The van der Waals surface area contributed by atoms with Crippen LogP contribution in [0.5, 0.6) is 11.5 Å². The van der Waals surface area contributed by atoms with Gasteiger partial charge >= 0.3 is 5.97 Å². The van der Waals surface area contributed by atoms with Crippen LogP contribution >= 0.6 is 0 Å². The molecular weight excluding hydrogens is 260 g/mol. The molecule has 3 heterocycles. The van der Waals surface area contributed by atoms with Crippen LogP contribution in [0.1, 0.15) is 21.6 Å². The molecule has 1 aliphatic rings. The first-order chi connectivity index (χ1) is 9.67. The van der Waals surface area contributed by atoms with Gasteiger partial charge in [0, 0.05) is 24.0 Å². The van der Waals surface area contributed by atoms with Gasteiger partial charge in [0.2, 0.25) is 5.56 Å². The van der Waals surface area contributed by atoms with Gasteiger partial charge in [0.25, 0.3) is 0 Å². The number of carbonyl (C=O) groups excluding carboxylic acids is 1. The topological polar surface area (TPSA) is 81.3 Å². The van der Waals surface area contributed by atoms with Gasteiger partial charge in [-0.2, -0.15) is 0 Å². The summed E-state index contributed by atoms with van der Waals surface area (Å²) in [5.74, 6) is 0.626. The molecule has 0 aliphatic carbocycles. The smallest absolute Gasteiger partial charge is 0.339 e. The Morgan fingerprint density at radius 1 is 1.35 bits per heavy atom. The summed E-state index contributed by atoms with van der Waals surface area (Å²) in [6.07, 6.45) is 4.30. The fourth-order valence-electron chi connectivity index (χ4n) is 2.14. The number of rotatable bonds is 1. The van der Waals surface area contributed by atoms with E-state index in [2.05, 4.69) is 14.7 Å². The molecular formula is C14H12N2O4. The van der Waals surface area contributed by atoms with Gasteiger partial charge in [0.15, 0.2) is 0 Å². The Morgan fingerprint density at radius 2 is 2.20 bits per heavy atom. The minimum atomic E-state index is -0.463. The minimum Gasteiger partial charge on any atom is -0.465 e. The summed E-state index contributed by atoms with van der Waals surface area (Å²) in [4.78, 5) is 29.6. The fraction of sp³-hybridized carbons (Fsp3) is 0.214. The van der Waals surface area contributed by atoms with E-state index in [-0.39, 0.29) is 5.56 Å². The second kappa shape index (κ2) is 4.80. The molecule has 0 fully saturated rings. The van der Waals surface area contributed by atoms with Crippen LogP contribution in [0, 0.1) is 0 Å². The molecule has 0 radical (unpaired) electrons. The lowest BCUT2D eigenvalue weighted by atomic mass is 10.1. The van der Waals surface area contributed by atoms with E-state index >= 15 is 0 Å². The van der Waals surface area contributed by atoms with Crippen molar-refractivity contribution in [2.45, 2.75) is 12.8 Å². The molecule has 0 atom stereocenters. The standard InChI is InChI=1S/C14H12N2O4/c1-19-14(18)9-4-11-10(15-6-9)3-2-8-5-13(17)16-7-12(8)20-11/h4-7H,2-3H2,1H3,(H,16,17). The summed E-state index contributed by atoms with van der Waals surface area (Å²) in [6, 6.07) is 3.12. The molecule has 0 amide bonds. The van der Waals surface area contributed by atoms with Gasteiger partial charge in [-0.05, 0) is 18.9 Å². The number of nitrogens with one attached hydrogen (secondary N) is 1. The van der Waals surface area contributed by atoms with E-state index in [0.29, 0.717) is 29.9 Å². The Balaban J connectivity index is 2.04. The predicted octanol–water partition coefficient (Wildman–Crippen LogP) is 1.45. The van der Waals surface area contributed by atoms with Crippen LogP contribution < -0.4 is 10.3 Å². The van der Waals surface area contributed by atoms with Gasteiger partial charge in [-0.3, -0.25) is 9.78 Å². The van der Waals surface area contributed by atoms with E-state index < -0.39 is 5.97 Å². The number of hydrogen-bond donors (Lipinski definition) is 1. The summed E-state index contributed by atoms with van der Waals surface area (Å²) in [7, 11) is 1.31. The molecule has 0 saturated carbocycles. The summed E-state index contributed by atoms with van der Waals surface area (Å²) in [5, 5.41) is 0. The number of hydrogen-bond acceptors (Lipinski definition) is 5. The average Bonchev–Trinajstić information content (AvgIpc) is 2.64. The van der Waals surface area contributed by atoms with Crippen molar-refractivity contribution in [1.29, 1.82) is 0 Å².